The summed E-state index contributed by atoms with van der Waals surface area (Å²) in [5, 5.41) is 7.42. The summed E-state index contributed by atoms with van der Waals surface area (Å²) >= 11 is 3.12. The van der Waals surface area contributed by atoms with Crippen LogP contribution in [-0.4, -0.2) is 23.4 Å². The average Bonchev–Trinajstić information content (AvgIpc) is 2.71. The predicted molar refractivity (Wildman–Crippen MR) is 84.8 cm³/mol. The molecule has 0 saturated heterocycles. The maximum atomic E-state index is 12.6. The van der Waals surface area contributed by atoms with Gasteiger partial charge in [-0.05, 0) is 39.9 Å². The first kappa shape index (κ1) is 16.0. The topological polar surface area (TPSA) is 76.9 Å². The number of hydrogen-bond acceptors (Lipinski definition) is 4. The smallest absolute Gasteiger partial charge is 0.278 e. The fourth-order valence-electron chi connectivity index (χ4n) is 2.10. The Labute approximate surface area is 132 Å². The fourth-order valence-corrected chi connectivity index (χ4v) is 4.36. The van der Waals surface area contributed by atoms with Crippen molar-refractivity contribution >= 4 is 31.6 Å². The number of anilines is 1. The maximum absolute atomic E-state index is 12.6. The summed E-state index contributed by atoms with van der Waals surface area (Å²) < 4.78 is 29.3. The zero-order valence-corrected chi connectivity index (χ0v) is 14.7. The van der Waals surface area contributed by atoms with Gasteiger partial charge in [0.2, 0.25) is 5.03 Å². The number of sulfonamides is 1. The van der Waals surface area contributed by atoms with Crippen molar-refractivity contribution in [2.75, 3.05) is 4.72 Å². The van der Waals surface area contributed by atoms with Crippen molar-refractivity contribution in [3.63, 3.8) is 0 Å². The number of halogens is 1. The maximum Gasteiger partial charge on any atom is 0.281 e. The normalized spacial score (nSPS) is 11.9. The van der Waals surface area contributed by atoms with Gasteiger partial charge in [0.1, 0.15) is 0 Å². The Morgan fingerprint density at radius 3 is 2.52 bits per heavy atom. The van der Waals surface area contributed by atoms with Crippen LogP contribution in [0, 0.1) is 6.92 Å². The minimum Gasteiger partial charge on any atom is -0.278 e. The molecule has 1 aromatic heterocycles. The highest BCUT2D eigenvalue weighted by molar-refractivity contribution is 9.10. The van der Waals surface area contributed by atoms with Crippen LogP contribution in [0.2, 0.25) is 0 Å². The molecular weight excluding hydrogens is 356 g/mol. The summed E-state index contributed by atoms with van der Waals surface area (Å²) in [5.74, 6) is 0.204. The van der Waals surface area contributed by atoms with Gasteiger partial charge in [-0.2, -0.15) is 8.42 Å². The lowest BCUT2D eigenvalue weighted by Gasteiger charge is -2.17. The summed E-state index contributed by atoms with van der Waals surface area (Å²) in [6.07, 6.45) is 0. The van der Waals surface area contributed by atoms with Crippen molar-refractivity contribution in [1.29, 1.82) is 0 Å². The molecule has 1 N–H and O–H groups in total. The summed E-state index contributed by atoms with van der Waals surface area (Å²) in [7, 11) is -2.23. The summed E-state index contributed by atoms with van der Waals surface area (Å²) in [4.78, 5) is 0. The van der Waals surface area contributed by atoms with Crippen LogP contribution in [0.1, 0.15) is 30.9 Å². The number of rotatable bonds is 4. The quantitative estimate of drug-likeness (QED) is 0.894. The first-order chi connectivity index (χ1) is 9.74. The molecule has 6 nitrogen and oxygen atoms in total. The molecule has 0 atom stereocenters. The van der Waals surface area contributed by atoms with Crippen LogP contribution in [-0.2, 0) is 17.1 Å². The van der Waals surface area contributed by atoms with Gasteiger partial charge in [-0.1, -0.05) is 37.3 Å². The highest BCUT2D eigenvalue weighted by atomic mass is 79.9. The molecule has 1 aromatic carbocycles. The van der Waals surface area contributed by atoms with E-state index < -0.39 is 10.0 Å². The van der Waals surface area contributed by atoms with Crippen LogP contribution < -0.4 is 4.72 Å². The second-order valence-electron chi connectivity index (χ2n) is 5.11. The van der Waals surface area contributed by atoms with Gasteiger partial charge in [-0.25, -0.2) is 4.68 Å². The predicted octanol–water partition coefficient (Wildman–Crippen LogP) is 2.81. The molecule has 0 bridgehead atoms. The van der Waals surface area contributed by atoms with Crippen LogP contribution in [0.3, 0.4) is 0 Å². The third-order valence-corrected chi connectivity index (χ3v) is 5.39. The number of benzene rings is 1. The fraction of sp³-hybridized carbons (Fsp3) is 0.385. The molecule has 21 heavy (non-hydrogen) atoms. The van der Waals surface area contributed by atoms with E-state index in [4.69, 9.17) is 0 Å². The Morgan fingerprint density at radius 2 is 2.00 bits per heavy atom. The third-order valence-electron chi connectivity index (χ3n) is 3.16. The SMILES string of the molecule is Cc1cccc(C(C)C)c1NS(=O)(=O)c1c(Br)nnn1C. The number of para-hydroxylation sites is 1. The molecule has 0 radical (unpaired) electrons. The molecule has 1 heterocycles. The van der Waals surface area contributed by atoms with E-state index in [1.54, 1.807) is 0 Å². The number of nitrogens with one attached hydrogen (secondary N) is 1. The molecule has 8 heteroatoms. The molecule has 0 amide bonds. The zero-order chi connectivity index (χ0) is 15.8. The minimum absolute atomic E-state index is 0.000425. The van der Waals surface area contributed by atoms with Gasteiger partial charge >= 0.3 is 0 Å². The largest absolute Gasteiger partial charge is 0.281 e. The average molecular weight is 373 g/mol. The number of hydrogen-bond donors (Lipinski definition) is 1. The van der Waals surface area contributed by atoms with Gasteiger partial charge in [-0.15, -0.1) is 5.10 Å². The molecule has 0 fully saturated rings. The van der Waals surface area contributed by atoms with E-state index in [9.17, 15) is 8.42 Å². The summed E-state index contributed by atoms with van der Waals surface area (Å²) in [5.41, 5.74) is 2.43. The van der Waals surface area contributed by atoms with E-state index in [-0.39, 0.29) is 15.5 Å². The van der Waals surface area contributed by atoms with E-state index in [0.29, 0.717) is 5.69 Å². The molecule has 0 unspecified atom stereocenters. The summed E-state index contributed by atoms with van der Waals surface area (Å²) in [6, 6.07) is 5.72. The van der Waals surface area contributed by atoms with Crippen LogP contribution in [0.15, 0.2) is 27.8 Å². The van der Waals surface area contributed by atoms with E-state index >= 15 is 0 Å². The Balaban J connectivity index is 2.52. The highest BCUT2D eigenvalue weighted by Gasteiger charge is 2.25. The van der Waals surface area contributed by atoms with Gasteiger partial charge in [-0.3, -0.25) is 4.72 Å². The monoisotopic (exact) mass is 372 g/mol. The molecule has 0 aliphatic carbocycles. The van der Waals surface area contributed by atoms with E-state index in [1.165, 1.54) is 11.7 Å². The first-order valence-corrected chi connectivity index (χ1v) is 8.69. The molecule has 0 aliphatic heterocycles. The Morgan fingerprint density at radius 1 is 1.33 bits per heavy atom. The lowest BCUT2D eigenvalue weighted by atomic mass is 9.99. The van der Waals surface area contributed by atoms with E-state index in [0.717, 1.165) is 11.1 Å². The van der Waals surface area contributed by atoms with Crippen molar-refractivity contribution in [2.45, 2.75) is 31.7 Å². The van der Waals surface area contributed by atoms with Gasteiger partial charge < -0.3 is 0 Å². The molecule has 0 aliphatic rings. The van der Waals surface area contributed by atoms with Crippen LogP contribution in [0.25, 0.3) is 0 Å². The van der Waals surface area contributed by atoms with Crippen molar-refractivity contribution in [2.24, 2.45) is 7.05 Å². The number of aromatic nitrogens is 3. The van der Waals surface area contributed by atoms with Crippen molar-refractivity contribution in [1.82, 2.24) is 15.0 Å². The Bertz CT molecular complexity index is 749. The molecule has 0 spiro atoms. The van der Waals surface area contributed by atoms with Crippen LogP contribution in [0.4, 0.5) is 5.69 Å². The van der Waals surface area contributed by atoms with Gasteiger partial charge in [0.25, 0.3) is 10.0 Å². The minimum atomic E-state index is -3.77. The standard InChI is InChI=1S/C13H17BrN4O2S/c1-8(2)10-7-5-6-9(3)11(10)16-21(19,20)13-12(14)15-17-18(13)4/h5-8,16H,1-4H3. The van der Waals surface area contributed by atoms with Crippen molar-refractivity contribution in [3.8, 4) is 0 Å². The van der Waals surface area contributed by atoms with Gasteiger partial charge in [0.05, 0.1) is 5.69 Å². The Kier molecular flexibility index (Phi) is 4.38. The molecule has 114 valence electrons. The summed E-state index contributed by atoms with van der Waals surface area (Å²) in [6.45, 7) is 5.92. The second-order valence-corrected chi connectivity index (χ2v) is 7.46. The van der Waals surface area contributed by atoms with E-state index in [1.807, 2.05) is 39.0 Å². The zero-order valence-electron chi connectivity index (χ0n) is 12.3. The van der Waals surface area contributed by atoms with Crippen LogP contribution in [0.5, 0.6) is 0 Å². The molecule has 2 rings (SSSR count). The molecule has 0 saturated carbocycles. The Hall–Kier alpha value is -1.41. The number of nitrogens with zero attached hydrogens (tertiary/aromatic N) is 3. The lowest BCUT2D eigenvalue weighted by Crippen LogP contribution is -2.19. The van der Waals surface area contributed by atoms with Crippen molar-refractivity contribution in [3.05, 3.63) is 33.9 Å². The molecule has 2 aromatic rings. The second kappa shape index (κ2) is 5.76. The highest BCUT2D eigenvalue weighted by Crippen LogP contribution is 2.30. The van der Waals surface area contributed by atoms with Gasteiger partial charge in [0.15, 0.2) is 4.60 Å². The lowest BCUT2D eigenvalue weighted by molar-refractivity contribution is 0.578. The van der Waals surface area contributed by atoms with Crippen LogP contribution >= 0.6 is 15.9 Å². The third kappa shape index (κ3) is 3.11. The van der Waals surface area contributed by atoms with Crippen molar-refractivity contribution < 1.29 is 8.42 Å². The number of aryl methyl sites for hydroxylation is 2. The van der Waals surface area contributed by atoms with Gasteiger partial charge in [0, 0.05) is 7.05 Å². The first-order valence-electron chi connectivity index (χ1n) is 6.41. The molecular formula is C13H17BrN4O2S. The van der Waals surface area contributed by atoms with E-state index in [2.05, 4.69) is 31.0 Å².